The summed E-state index contributed by atoms with van der Waals surface area (Å²) in [7, 11) is -2.84. The van der Waals surface area contributed by atoms with Crippen LogP contribution in [0, 0.1) is 10.1 Å². The van der Waals surface area contributed by atoms with E-state index in [0.717, 1.165) is 40.7 Å². The minimum Gasteiger partial charge on any atom is -0.323 e. The smallest absolute Gasteiger partial charge is 0.323 e. The van der Waals surface area contributed by atoms with Crippen LogP contribution in [0.3, 0.4) is 0 Å². The van der Waals surface area contributed by atoms with Gasteiger partial charge in [-0.3, -0.25) is 10.1 Å². The Balaban J connectivity index is 0.00000420. The van der Waals surface area contributed by atoms with E-state index in [1.165, 1.54) is 13.1 Å². The lowest BCUT2D eigenvalue weighted by Crippen LogP contribution is -2.34. The van der Waals surface area contributed by atoms with E-state index in [-0.39, 0.29) is 35.1 Å². The highest BCUT2D eigenvalue weighted by Crippen LogP contribution is 2.36. The van der Waals surface area contributed by atoms with Gasteiger partial charge < -0.3 is 5.73 Å². The van der Waals surface area contributed by atoms with E-state index in [9.17, 15) is 31.7 Å². The lowest BCUT2D eigenvalue weighted by molar-refractivity contribution is -0.384. The molecule has 2 rings (SSSR count). The first kappa shape index (κ1) is 25.1. The second kappa shape index (κ2) is 9.26. The molecular weight excluding hydrogens is 458 g/mol. The third-order valence-corrected chi connectivity index (χ3v) is 6.10. The lowest BCUT2D eigenvalue weighted by atomic mass is 10.0. The molecule has 2 aromatic rings. The van der Waals surface area contributed by atoms with Crippen molar-refractivity contribution in [3.05, 3.63) is 68.7 Å². The fraction of sp³-hybridized carbons (Fsp3) is 0.250. The Labute approximate surface area is 175 Å². The topological polar surface area (TPSA) is 107 Å². The monoisotopic (exact) mass is 473 g/mol. The number of sulfonamides is 1. The molecule has 2 N–H and O–H groups in total. The molecule has 0 saturated carbocycles. The minimum atomic E-state index is -4.68. The first-order valence-corrected chi connectivity index (χ1v) is 9.49. The van der Waals surface area contributed by atoms with Gasteiger partial charge in [0, 0.05) is 31.8 Å². The zero-order valence-corrected chi connectivity index (χ0v) is 17.1. The maximum absolute atomic E-state index is 13.0. The summed E-state index contributed by atoms with van der Waals surface area (Å²) in [6.07, 6.45) is -4.68. The minimum absolute atomic E-state index is 0. The zero-order chi connectivity index (χ0) is 21.3. The molecule has 13 heteroatoms. The molecule has 0 aliphatic carbocycles. The molecule has 0 unspecified atom stereocenters. The number of nitro benzene ring substituents is 1. The van der Waals surface area contributed by atoms with E-state index >= 15 is 0 Å². The van der Waals surface area contributed by atoms with Crippen LogP contribution in [0.25, 0.3) is 0 Å². The zero-order valence-electron chi connectivity index (χ0n) is 14.8. The fourth-order valence-electron chi connectivity index (χ4n) is 2.39. The maximum Gasteiger partial charge on any atom is 0.417 e. The second-order valence-electron chi connectivity index (χ2n) is 5.88. The highest BCUT2D eigenvalue weighted by atomic mass is 35.5. The standard InChI is InChI=1S/C16H15ClF3N3O4S.ClH/c1-22(28(26,27)12-5-3-11(4-6-12)23(24)25)9-15(21)10-2-7-14(17)13(8-10)16(18,19)20;/h2-8,15H,9,21H2,1H3;1H/t15-;/m1./s1. The van der Waals surface area contributed by atoms with Gasteiger partial charge in [-0.2, -0.15) is 17.5 Å². The largest absolute Gasteiger partial charge is 0.417 e. The average Bonchev–Trinajstić information content (AvgIpc) is 2.60. The molecule has 0 fully saturated rings. The van der Waals surface area contributed by atoms with Crippen LogP contribution in [-0.2, 0) is 16.2 Å². The molecule has 1 atom stereocenters. The van der Waals surface area contributed by atoms with Gasteiger partial charge in [0.15, 0.2) is 0 Å². The SMILES string of the molecule is CN(C[C@@H](N)c1ccc(Cl)c(C(F)(F)F)c1)S(=O)(=O)c1ccc([N+](=O)[O-])cc1.Cl. The summed E-state index contributed by atoms with van der Waals surface area (Å²) in [5.41, 5.74) is 4.60. The number of nitrogens with zero attached hydrogens (tertiary/aromatic N) is 2. The number of rotatable bonds is 6. The highest BCUT2D eigenvalue weighted by molar-refractivity contribution is 7.89. The Kier molecular flexibility index (Phi) is 8.02. The maximum atomic E-state index is 13.0. The van der Waals surface area contributed by atoms with Crippen LogP contribution < -0.4 is 5.73 Å². The van der Waals surface area contributed by atoms with E-state index in [2.05, 4.69) is 0 Å². The first-order valence-electron chi connectivity index (χ1n) is 7.67. The molecule has 0 aliphatic heterocycles. The van der Waals surface area contributed by atoms with E-state index in [1.54, 1.807) is 0 Å². The van der Waals surface area contributed by atoms with Crippen LogP contribution in [0.2, 0.25) is 5.02 Å². The van der Waals surface area contributed by atoms with Crippen LogP contribution in [-0.4, -0.2) is 31.2 Å². The molecule has 0 heterocycles. The number of alkyl halides is 3. The van der Waals surface area contributed by atoms with Gasteiger partial charge >= 0.3 is 6.18 Å². The predicted octanol–water partition coefficient (Wildman–Crippen LogP) is 4.01. The number of nitro groups is 1. The molecule has 0 bridgehead atoms. The van der Waals surface area contributed by atoms with Crippen molar-refractivity contribution in [1.82, 2.24) is 4.31 Å². The number of halogens is 5. The van der Waals surface area contributed by atoms with Crippen molar-refractivity contribution in [2.24, 2.45) is 5.73 Å². The lowest BCUT2D eigenvalue weighted by Gasteiger charge is -2.22. The van der Waals surface area contributed by atoms with E-state index in [0.29, 0.717) is 0 Å². The van der Waals surface area contributed by atoms with Gasteiger partial charge in [-0.25, -0.2) is 8.42 Å². The summed E-state index contributed by atoms with van der Waals surface area (Å²) in [5.74, 6) is 0. The summed E-state index contributed by atoms with van der Waals surface area (Å²) in [5, 5.41) is 10.2. The van der Waals surface area contributed by atoms with Gasteiger partial charge in [-0.1, -0.05) is 17.7 Å². The average molecular weight is 474 g/mol. The Morgan fingerprint density at radius 3 is 2.24 bits per heavy atom. The molecule has 0 amide bonds. The molecule has 0 aliphatic rings. The summed E-state index contributed by atoms with van der Waals surface area (Å²) in [4.78, 5) is 9.78. The first-order chi connectivity index (χ1) is 12.8. The van der Waals surface area contributed by atoms with Gasteiger partial charge in [-0.15, -0.1) is 12.4 Å². The molecule has 0 spiro atoms. The van der Waals surface area contributed by atoms with Crippen LogP contribution >= 0.6 is 24.0 Å². The summed E-state index contributed by atoms with van der Waals surface area (Å²) in [6, 6.07) is 6.26. The van der Waals surface area contributed by atoms with Crippen molar-refractivity contribution in [2.75, 3.05) is 13.6 Å². The normalized spacial score (nSPS) is 13.1. The third-order valence-electron chi connectivity index (χ3n) is 3.93. The Hall–Kier alpha value is -1.92. The Morgan fingerprint density at radius 1 is 1.21 bits per heavy atom. The number of non-ortho nitro benzene ring substituents is 1. The number of benzene rings is 2. The molecule has 0 radical (unpaired) electrons. The summed E-state index contributed by atoms with van der Waals surface area (Å²) in [6.45, 7) is -0.321. The summed E-state index contributed by atoms with van der Waals surface area (Å²) < 4.78 is 64.9. The number of likely N-dealkylation sites (N-methyl/N-ethyl adjacent to an activating group) is 1. The third kappa shape index (κ3) is 5.80. The van der Waals surface area contributed by atoms with Crippen LogP contribution in [0.5, 0.6) is 0 Å². The molecule has 29 heavy (non-hydrogen) atoms. The van der Waals surface area contributed by atoms with Crippen molar-refractivity contribution in [3.63, 3.8) is 0 Å². The predicted molar refractivity (Wildman–Crippen MR) is 104 cm³/mol. The van der Waals surface area contributed by atoms with Crippen molar-refractivity contribution in [3.8, 4) is 0 Å². The number of hydrogen-bond acceptors (Lipinski definition) is 5. The van der Waals surface area contributed by atoms with Crippen LogP contribution in [0.1, 0.15) is 17.2 Å². The Bertz CT molecular complexity index is 986. The number of nitrogens with two attached hydrogens (primary N) is 1. The molecule has 7 nitrogen and oxygen atoms in total. The quantitative estimate of drug-likeness (QED) is 0.503. The van der Waals surface area contributed by atoms with Crippen molar-refractivity contribution in [1.29, 1.82) is 0 Å². The van der Waals surface area contributed by atoms with E-state index in [4.69, 9.17) is 17.3 Å². The van der Waals surface area contributed by atoms with Crippen LogP contribution in [0.15, 0.2) is 47.4 Å². The summed E-state index contributed by atoms with van der Waals surface area (Å²) >= 11 is 5.56. The van der Waals surface area contributed by atoms with Gasteiger partial charge in [-0.05, 0) is 29.8 Å². The molecule has 160 valence electrons. The van der Waals surface area contributed by atoms with E-state index in [1.807, 2.05) is 0 Å². The van der Waals surface area contributed by atoms with Gasteiger partial charge in [0.2, 0.25) is 10.0 Å². The number of hydrogen-bond donors (Lipinski definition) is 1. The van der Waals surface area contributed by atoms with Crippen molar-refractivity contribution in [2.45, 2.75) is 17.1 Å². The van der Waals surface area contributed by atoms with Gasteiger partial charge in [0.05, 0.1) is 20.4 Å². The fourth-order valence-corrected chi connectivity index (χ4v) is 3.81. The van der Waals surface area contributed by atoms with Gasteiger partial charge in [0.25, 0.3) is 5.69 Å². The Morgan fingerprint density at radius 2 is 1.76 bits per heavy atom. The second-order valence-corrected chi connectivity index (χ2v) is 8.33. The van der Waals surface area contributed by atoms with Crippen molar-refractivity contribution < 1.29 is 26.5 Å². The van der Waals surface area contributed by atoms with Crippen molar-refractivity contribution >= 4 is 39.7 Å². The molecule has 2 aromatic carbocycles. The van der Waals surface area contributed by atoms with E-state index < -0.39 is 37.8 Å². The van der Waals surface area contributed by atoms with Gasteiger partial charge in [0.1, 0.15) is 0 Å². The molecular formula is C16H16Cl2F3N3O4S. The highest BCUT2D eigenvalue weighted by Gasteiger charge is 2.34. The van der Waals surface area contributed by atoms with Crippen LogP contribution in [0.4, 0.5) is 18.9 Å². The molecule has 0 aromatic heterocycles. The molecule has 0 saturated heterocycles.